The van der Waals surface area contributed by atoms with Gasteiger partial charge in [0.2, 0.25) is 10.0 Å². The maximum Gasteiger partial charge on any atom is 0.240 e. The molecule has 6 aromatic carbocycles. The predicted molar refractivity (Wildman–Crippen MR) is 206 cm³/mol. The molecular weight excluding hydrogens is 669 g/mol. The molecule has 0 bridgehead atoms. The Morgan fingerprint density at radius 2 is 1.44 bits per heavy atom. The zero-order valence-electron chi connectivity index (χ0n) is 29.4. The molecule has 8 heteroatoms. The minimum atomic E-state index is -3.63. The molecule has 266 valence electrons. The van der Waals surface area contributed by atoms with Gasteiger partial charge < -0.3 is 14.6 Å². The third-order valence-corrected chi connectivity index (χ3v) is 11.4. The van der Waals surface area contributed by atoms with E-state index < -0.39 is 16.3 Å². The van der Waals surface area contributed by atoms with Crippen LogP contribution < -0.4 is 4.72 Å². The first-order chi connectivity index (χ1) is 25.3. The molecule has 0 amide bonds. The summed E-state index contributed by atoms with van der Waals surface area (Å²) in [6.07, 6.45) is -0.236. The lowest BCUT2D eigenvalue weighted by atomic mass is 9.98. The fourth-order valence-corrected chi connectivity index (χ4v) is 7.86. The number of hydrogen-bond donors (Lipinski definition) is 2. The summed E-state index contributed by atoms with van der Waals surface area (Å²) in [7, 11) is -1.49. The van der Waals surface area contributed by atoms with Crippen LogP contribution in [0.25, 0.3) is 21.9 Å². The van der Waals surface area contributed by atoms with E-state index in [1.807, 2.05) is 66.7 Å². The predicted octanol–water partition coefficient (Wildman–Crippen LogP) is 8.72. The van der Waals surface area contributed by atoms with Crippen LogP contribution in [0.15, 0.2) is 150 Å². The number of fused-ring (bicyclic) bond motifs is 1. The van der Waals surface area contributed by atoms with Gasteiger partial charge in [0.1, 0.15) is 0 Å². The lowest BCUT2D eigenvalue weighted by molar-refractivity contribution is -0.253. The average molecular weight is 713 g/mol. The molecule has 2 N–H and O–H groups in total. The van der Waals surface area contributed by atoms with Gasteiger partial charge >= 0.3 is 0 Å². The van der Waals surface area contributed by atoms with Crippen molar-refractivity contribution in [2.75, 3.05) is 13.6 Å². The zero-order chi connectivity index (χ0) is 36.1. The molecular formula is C44H44N2O5S. The Morgan fingerprint density at radius 3 is 2.21 bits per heavy atom. The van der Waals surface area contributed by atoms with E-state index in [1.165, 1.54) is 16.3 Å². The average Bonchev–Trinajstić information content (AvgIpc) is 3.20. The first kappa shape index (κ1) is 35.7. The highest BCUT2D eigenvalue weighted by molar-refractivity contribution is 7.89. The van der Waals surface area contributed by atoms with E-state index in [9.17, 15) is 13.5 Å². The van der Waals surface area contributed by atoms with Crippen molar-refractivity contribution in [1.29, 1.82) is 0 Å². The summed E-state index contributed by atoms with van der Waals surface area (Å²) >= 11 is 0. The summed E-state index contributed by atoms with van der Waals surface area (Å²) in [5.74, 6) is 0. The minimum absolute atomic E-state index is 0.00941. The summed E-state index contributed by atoms with van der Waals surface area (Å²) in [6, 6.07) is 47.7. The fourth-order valence-electron chi connectivity index (χ4n) is 6.82. The maximum absolute atomic E-state index is 12.8. The monoisotopic (exact) mass is 712 g/mol. The van der Waals surface area contributed by atoms with Crippen molar-refractivity contribution in [3.63, 3.8) is 0 Å². The van der Waals surface area contributed by atoms with E-state index >= 15 is 0 Å². The SMILES string of the molecule is C[C@H](c1ccc2ccccc2c1)N(C)C[C@H]1C[C@@H](c2ccc(CO)cc2)O[C@@H](c2cccc(-c3cccc(CNS(=O)(=O)c4ccccc4)c3)c2)O1. The number of benzene rings is 6. The van der Waals surface area contributed by atoms with Crippen LogP contribution in [0.5, 0.6) is 0 Å². The molecule has 1 aliphatic rings. The van der Waals surface area contributed by atoms with Crippen LogP contribution in [0, 0.1) is 0 Å². The van der Waals surface area contributed by atoms with Gasteiger partial charge in [-0.2, -0.15) is 0 Å². The summed E-state index contributed by atoms with van der Waals surface area (Å²) in [5.41, 5.74) is 6.85. The number of aliphatic hydroxyl groups excluding tert-OH is 1. The van der Waals surface area contributed by atoms with E-state index in [4.69, 9.17) is 9.47 Å². The topological polar surface area (TPSA) is 88.1 Å². The van der Waals surface area contributed by atoms with Gasteiger partial charge in [0, 0.05) is 31.1 Å². The molecule has 0 radical (unpaired) electrons. The standard InChI is InChI=1S/C44H44N2O5S/c1-31(36-23-22-34-11-6-7-12-38(34)25-36)46(2)29-41-27-43(35-20-18-32(30-47)19-21-35)51-44(50-41)40-15-9-14-39(26-40)37-13-8-10-33(24-37)28-45-52(48,49)42-16-4-3-5-17-42/h3-26,31,41,43-45,47H,27-30H2,1-2H3/t31-,41-,43+,44+/m1/s1. The van der Waals surface area contributed by atoms with Gasteiger partial charge in [-0.15, -0.1) is 0 Å². The van der Waals surface area contributed by atoms with Crippen molar-refractivity contribution >= 4 is 20.8 Å². The summed E-state index contributed by atoms with van der Waals surface area (Å²) in [4.78, 5) is 2.58. The van der Waals surface area contributed by atoms with Gasteiger partial charge in [-0.05, 0) is 88.5 Å². The molecule has 0 aliphatic carbocycles. The normalized spacial score (nSPS) is 18.4. The molecule has 0 aromatic heterocycles. The number of hydrogen-bond acceptors (Lipinski definition) is 6. The number of nitrogens with zero attached hydrogens (tertiary/aromatic N) is 1. The molecule has 6 aromatic rings. The number of likely N-dealkylation sites (N-methyl/N-ethyl adjacent to an activating group) is 1. The van der Waals surface area contributed by atoms with Gasteiger partial charge in [0.05, 0.1) is 23.7 Å². The van der Waals surface area contributed by atoms with Crippen LogP contribution in [0.4, 0.5) is 0 Å². The van der Waals surface area contributed by atoms with Crippen molar-refractivity contribution in [2.24, 2.45) is 0 Å². The van der Waals surface area contributed by atoms with E-state index in [2.05, 4.69) is 72.1 Å². The molecule has 0 spiro atoms. The van der Waals surface area contributed by atoms with Crippen LogP contribution in [-0.2, 0) is 32.6 Å². The van der Waals surface area contributed by atoms with E-state index in [1.54, 1.807) is 30.3 Å². The van der Waals surface area contributed by atoms with Crippen LogP contribution in [0.3, 0.4) is 0 Å². The van der Waals surface area contributed by atoms with E-state index in [-0.39, 0.29) is 36.3 Å². The van der Waals surface area contributed by atoms with Crippen molar-refractivity contribution in [2.45, 2.75) is 55.9 Å². The van der Waals surface area contributed by atoms with Gasteiger partial charge in [-0.25, -0.2) is 13.1 Å². The van der Waals surface area contributed by atoms with Crippen LogP contribution in [-0.4, -0.2) is 38.1 Å². The number of aliphatic hydroxyl groups is 1. The number of sulfonamides is 1. The van der Waals surface area contributed by atoms with Crippen molar-refractivity contribution in [3.05, 3.63) is 173 Å². The molecule has 1 heterocycles. The molecule has 4 atom stereocenters. The summed E-state index contributed by atoms with van der Waals surface area (Å²) in [6.45, 7) is 3.10. The molecule has 7 rings (SSSR count). The third kappa shape index (κ3) is 8.34. The second-order valence-corrected chi connectivity index (χ2v) is 15.3. The summed E-state index contributed by atoms with van der Waals surface area (Å²) in [5, 5.41) is 12.1. The number of ether oxygens (including phenoxy) is 2. The highest BCUT2D eigenvalue weighted by Crippen LogP contribution is 2.39. The lowest BCUT2D eigenvalue weighted by Gasteiger charge is -2.39. The van der Waals surface area contributed by atoms with E-state index in [0.717, 1.165) is 33.4 Å². The Bertz CT molecular complexity index is 2230. The Hall–Kier alpha value is -4.67. The molecule has 1 fully saturated rings. The van der Waals surface area contributed by atoms with Crippen molar-refractivity contribution < 1.29 is 23.0 Å². The second-order valence-electron chi connectivity index (χ2n) is 13.5. The first-order valence-corrected chi connectivity index (χ1v) is 19.2. The highest BCUT2D eigenvalue weighted by Gasteiger charge is 2.33. The minimum Gasteiger partial charge on any atom is -0.392 e. The second kappa shape index (κ2) is 15.9. The Labute approximate surface area is 306 Å². The Balaban J connectivity index is 1.11. The van der Waals surface area contributed by atoms with Crippen molar-refractivity contribution in [1.82, 2.24) is 9.62 Å². The first-order valence-electron chi connectivity index (χ1n) is 17.7. The molecule has 52 heavy (non-hydrogen) atoms. The van der Waals surface area contributed by atoms with Crippen LogP contribution in [0.2, 0.25) is 0 Å². The molecule has 7 nitrogen and oxygen atoms in total. The zero-order valence-corrected chi connectivity index (χ0v) is 30.2. The third-order valence-electron chi connectivity index (χ3n) is 9.96. The molecule has 0 saturated carbocycles. The Kier molecular flexibility index (Phi) is 10.9. The number of nitrogens with one attached hydrogen (secondary N) is 1. The molecule has 0 unspecified atom stereocenters. The van der Waals surface area contributed by atoms with Crippen molar-refractivity contribution in [3.8, 4) is 11.1 Å². The highest BCUT2D eigenvalue weighted by atomic mass is 32.2. The van der Waals surface area contributed by atoms with E-state index in [0.29, 0.717) is 13.0 Å². The number of rotatable bonds is 12. The lowest BCUT2D eigenvalue weighted by Crippen LogP contribution is -2.38. The van der Waals surface area contributed by atoms with Gasteiger partial charge in [-0.3, -0.25) is 4.90 Å². The fraction of sp³-hybridized carbons (Fsp3) is 0.227. The molecule has 1 aliphatic heterocycles. The smallest absolute Gasteiger partial charge is 0.240 e. The van der Waals surface area contributed by atoms with Crippen LogP contribution in [0.1, 0.15) is 59.6 Å². The van der Waals surface area contributed by atoms with Gasteiger partial charge in [0.25, 0.3) is 0 Å². The molecule has 1 saturated heterocycles. The summed E-state index contributed by atoms with van der Waals surface area (Å²) < 4.78 is 41.8. The van der Waals surface area contributed by atoms with Gasteiger partial charge in [-0.1, -0.05) is 115 Å². The largest absolute Gasteiger partial charge is 0.392 e. The maximum atomic E-state index is 12.8. The van der Waals surface area contributed by atoms with Crippen LogP contribution >= 0.6 is 0 Å². The van der Waals surface area contributed by atoms with Gasteiger partial charge in [0.15, 0.2) is 6.29 Å². The quantitative estimate of drug-likeness (QED) is 0.132. The Morgan fingerprint density at radius 1 is 0.731 bits per heavy atom.